The number of halogens is 2. The number of nitrogens with two attached hydrogens (primary N) is 1. The molecule has 1 aliphatic rings. The summed E-state index contributed by atoms with van der Waals surface area (Å²) in [4.78, 5) is 21.1. The lowest BCUT2D eigenvalue weighted by Crippen LogP contribution is -2.52. The first-order valence-electron chi connectivity index (χ1n) is 8.36. The molecular weight excluding hydrogens is 361 g/mol. The van der Waals surface area contributed by atoms with Gasteiger partial charge < -0.3 is 15.0 Å². The summed E-state index contributed by atoms with van der Waals surface area (Å²) in [5, 5.41) is 0. The van der Waals surface area contributed by atoms with Crippen molar-refractivity contribution in [3.8, 4) is 0 Å². The second-order valence-corrected chi connectivity index (χ2v) is 6.19. The molecule has 8 heteroatoms. The first kappa shape index (κ1) is 21.7. The largest absolute Gasteiger partial charge is 0.339 e. The van der Waals surface area contributed by atoms with Crippen LogP contribution in [0.3, 0.4) is 0 Å². The molecule has 140 valence electrons. The number of rotatable bonds is 5. The molecule has 1 unspecified atom stereocenters. The lowest BCUT2D eigenvalue weighted by Gasteiger charge is -2.35. The van der Waals surface area contributed by atoms with E-state index in [1.165, 1.54) is 0 Å². The maximum absolute atomic E-state index is 12.2. The highest BCUT2D eigenvalue weighted by Crippen LogP contribution is 2.11. The fourth-order valence-electron chi connectivity index (χ4n) is 3.09. The van der Waals surface area contributed by atoms with Crippen LogP contribution < -0.4 is 5.73 Å². The zero-order valence-corrected chi connectivity index (χ0v) is 16.1. The van der Waals surface area contributed by atoms with E-state index in [1.54, 1.807) is 0 Å². The minimum Gasteiger partial charge on any atom is -0.339 e. The van der Waals surface area contributed by atoms with Crippen LogP contribution in [0.2, 0.25) is 0 Å². The van der Waals surface area contributed by atoms with Crippen molar-refractivity contribution in [3.05, 3.63) is 36.3 Å². The topological polar surface area (TPSA) is 66.9 Å². The van der Waals surface area contributed by atoms with E-state index in [9.17, 15) is 4.79 Å². The minimum absolute atomic E-state index is 0. The Hall–Kier alpha value is -1.34. The van der Waals surface area contributed by atoms with Crippen molar-refractivity contribution in [2.75, 3.05) is 26.2 Å². The Kier molecular flexibility index (Phi) is 8.65. The van der Waals surface area contributed by atoms with E-state index < -0.39 is 0 Å². The number of amides is 1. The van der Waals surface area contributed by atoms with Crippen LogP contribution in [-0.4, -0.2) is 57.3 Å². The molecule has 1 fully saturated rings. The molecule has 1 aliphatic heterocycles. The lowest BCUT2D eigenvalue weighted by atomic mass is 10.1. The van der Waals surface area contributed by atoms with Crippen LogP contribution in [-0.2, 0) is 11.3 Å². The standard InChI is InChI=1S/C17H25N5O.2ClH/c1-2-5-15(18)17(23)21-10-8-20(9-11-21)12-14-13-22-7-4-3-6-16(22)19-14;;/h3-4,6-7,13,15H,2,5,8-12,18H2,1H3;2*1H. The van der Waals surface area contributed by atoms with Gasteiger partial charge in [0, 0.05) is 45.1 Å². The van der Waals surface area contributed by atoms with Crippen LogP contribution in [0.5, 0.6) is 0 Å². The van der Waals surface area contributed by atoms with Gasteiger partial charge in [-0.25, -0.2) is 4.98 Å². The Morgan fingerprint density at radius 2 is 1.96 bits per heavy atom. The average Bonchev–Trinajstić information content (AvgIpc) is 2.97. The molecule has 1 saturated heterocycles. The van der Waals surface area contributed by atoms with Crippen molar-refractivity contribution in [2.24, 2.45) is 5.73 Å². The normalized spacial score (nSPS) is 16.2. The Balaban J connectivity index is 0.00000156. The number of aromatic nitrogens is 2. The number of pyridine rings is 1. The predicted molar refractivity (Wildman–Crippen MR) is 104 cm³/mol. The first-order valence-corrected chi connectivity index (χ1v) is 8.36. The quantitative estimate of drug-likeness (QED) is 0.850. The maximum Gasteiger partial charge on any atom is 0.239 e. The molecule has 25 heavy (non-hydrogen) atoms. The first-order chi connectivity index (χ1) is 11.2. The van der Waals surface area contributed by atoms with Crippen LogP contribution in [0.15, 0.2) is 30.6 Å². The van der Waals surface area contributed by atoms with Gasteiger partial charge >= 0.3 is 0 Å². The molecule has 0 aliphatic carbocycles. The molecule has 1 amide bonds. The van der Waals surface area contributed by atoms with Gasteiger partial charge in [0.25, 0.3) is 0 Å². The van der Waals surface area contributed by atoms with Gasteiger partial charge in [0.05, 0.1) is 11.7 Å². The Morgan fingerprint density at radius 1 is 1.24 bits per heavy atom. The third kappa shape index (κ3) is 5.31. The molecule has 3 heterocycles. The molecule has 0 aromatic carbocycles. The summed E-state index contributed by atoms with van der Waals surface area (Å²) in [5.41, 5.74) is 7.98. The van der Waals surface area contributed by atoms with E-state index in [2.05, 4.69) is 23.0 Å². The fourth-order valence-corrected chi connectivity index (χ4v) is 3.09. The van der Waals surface area contributed by atoms with E-state index in [0.717, 1.165) is 56.9 Å². The molecular formula is C17H27Cl2N5O. The zero-order valence-electron chi connectivity index (χ0n) is 14.5. The Labute approximate surface area is 161 Å². The summed E-state index contributed by atoms with van der Waals surface area (Å²) in [5.74, 6) is 0.0965. The monoisotopic (exact) mass is 387 g/mol. The second kappa shape index (κ2) is 9.97. The van der Waals surface area contributed by atoms with Crippen LogP contribution >= 0.6 is 24.8 Å². The van der Waals surface area contributed by atoms with Crippen molar-refractivity contribution in [1.29, 1.82) is 0 Å². The van der Waals surface area contributed by atoms with Crippen LogP contribution in [0.1, 0.15) is 25.5 Å². The number of nitrogens with zero attached hydrogens (tertiary/aromatic N) is 4. The highest BCUT2D eigenvalue weighted by atomic mass is 35.5. The van der Waals surface area contributed by atoms with Gasteiger partial charge in [-0.1, -0.05) is 19.4 Å². The van der Waals surface area contributed by atoms with Gasteiger partial charge in [0.15, 0.2) is 0 Å². The maximum atomic E-state index is 12.2. The van der Waals surface area contributed by atoms with Crippen LogP contribution in [0.4, 0.5) is 0 Å². The number of carbonyl (C=O) groups excluding carboxylic acids is 1. The van der Waals surface area contributed by atoms with Gasteiger partial charge in [-0.2, -0.15) is 0 Å². The van der Waals surface area contributed by atoms with Gasteiger partial charge in [-0.05, 0) is 18.6 Å². The second-order valence-electron chi connectivity index (χ2n) is 6.19. The third-order valence-electron chi connectivity index (χ3n) is 4.40. The van der Waals surface area contributed by atoms with E-state index in [-0.39, 0.29) is 36.8 Å². The molecule has 0 spiro atoms. The zero-order chi connectivity index (χ0) is 16.2. The summed E-state index contributed by atoms with van der Waals surface area (Å²) < 4.78 is 2.04. The van der Waals surface area contributed by atoms with Gasteiger partial charge in [0.1, 0.15) is 5.65 Å². The molecule has 0 radical (unpaired) electrons. The number of hydrogen-bond acceptors (Lipinski definition) is 4. The van der Waals surface area contributed by atoms with Crippen molar-refractivity contribution in [2.45, 2.75) is 32.4 Å². The van der Waals surface area contributed by atoms with Crippen molar-refractivity contribution in [3.63, 3.8) is 0 Å². The lowest BCUT2D eigenvalue weighted by molar-refractivity contribution is -0.134. The highest BCUT2D eigenvalue weighted by Gasteiger charge is 2.25. The molecule has 2 N–H and O–H groups in total. The number of imidazole rings is 1. The number of fused-ring (bicyclic) bond motifs is 1. The SMILES string of the molecule is CCCC(N)C(=O)N1CCN(Cc2cn3ccccc3n2)CC1.Cl.Cl. The molecule has 6 nitrogen and oxygen atoms in total. The van der Waals surface area contributed by atoms with E-state index in [4.69, 9.17) is 5.73 Å². The van der Waals surface area contributed by atoms with Crippen LogP contribution in [0, 0.1) is 0 Å². The van der Waals surface area contributed by atoms with Gasteiger partial charge in [-0.15, -0.1) is 24.8 Å². The fraction of sp³-hybridized carbons (Fsp3) is 0.529. The number of piperazine rings is 1. The molecule has 3 rings (SSSR count). The smallest absolute Gasteiger partial charge is 0.239 e. The molecule has 2 aromatic heterocycles. The summed E-state index contributed by atoms with van der Waals surface area (Å²) >= 11 is 0. The Bertz CT molecular complexity index is 637. The summed E-state index contributed by atoms with van der Waals surface area (Å²) in [6, 6.07) is 5.66. The Morgan fingerprint density at radius 3 is 2.60 bits per heavy atom. The molecule has 2 aromatic rings. The third-order valence-corrected chi connectivity index (χ3v) is 4.40. The number of hydrogen-bond donors (Lipinski definition) is 1. The van der Waals surface area contributed by atoms with Gasteiger partial charge in [0.2, 0.25) is 5.91 Å². The predicted octanol–water partition coefficient (Wildman–Crippen LogP) is 1.95. The van der Waals surface area contributed by atoms with Crippen LogP contribution in [0.25, 0.3) is 5.65 Å². The van der Waals surface area contributed by atoms with E-state index in [1.807, 2.05) is 33.7 Å². The highest BCUT2D eigenvalue weighted by molar-refractivity contribution is 5.85. The van der Waals surface area contributed by atoms with Crippen molar-refractivity contribution < 1.29 is 4.79 Å². The number of carbonyl (C=O) groups is 1. The summed E-state index contributed by atoms with van der Waals surface area (Å²) in [7, 11) is 0. The van der Waals surface area contributed by atoms with Gasteiger partial charge in [-0.3, -0.25) is 9.69 Å². The summed E-state index contributed by atoms with van der Waals surface area (Å²) in [6.07, 6.45) is 5.79. The minimum atomic E-state index is -0.343. The molecule has 0 bridgehead atoms. The van der Waals surface area contributed by atoms with E-state index >= 15 is 0 Å². The van der Waals surface area contributed by atoms with Crippen molar-refractivity contribution in [1.82, 2.24) is 19.2 Å². The average molecular weight is 388 g/mol. The summed E-state index contributed by atoms with van der Waals surface area (Å²) in [6.45, 7) is 6.13. The van der Waals surface area contributed by atoms with Crippen molar-refractivity contribution >= 4 is 36.4 Å². The molecule has 1 atom stereocenters. The molecule has 0 saturated carbocycles. The van der Waals surface area contributed by atoms with E-state index in [0.29, 0.717) is 0 Å².